The van der Waals surface area contributed by atoms with Crippen LogP contribution < -0.4 is 10.6 Å². The summed E-state index contributed by atoms with van der Waals surface area (Å²) in [5.74, 6) is 0.0685. The summed E-state index contributed by atoms with van der Waals surface area (Å²) in [6.45, 7) is 6.48. The van der Waals surface area contributed by atoms with Gasteiger partial charge in [-0.25, -0.2) is 0 Å². The minimum Gasteiger partial charge on any atom is -0.351 e. The molecule has 1 heterocycles. The predicted molar refractivity (Wildman–Crippen MR) is 132 cm³/mol. The summed E-state index contributed by atoms with van der Waals surface area (Å²) in [5, 5.41) is 8.49. The molecule has 2 N–H and O–H groups in total. The minimum absolute atomic E-state index is 0.0321. The first-order chi connectivity index (χ1) is 16.1. The van der Waals surface area contributed by atoms with Gasteiger partial charge in [-0.2, -0.15) is 0 Å². The van der Waals surface area contributed by atoms with E-state index in [1.165, 1.54) is 10.8 Å². The Kier molecular flexibility index (Phi) is 7.70. The average Bonchev–Trinajstić information content (AvgIpc) is 2.84. The van der Waals surface area contributed by atoms with Crippen LogP contribution >= 0.6 is 0 Å². The van der Waals surface area contributed by atoms with Crippen LogP contribution in [0.1, 0.15) is 24.1 Å². The van der Waals surface area contributed by atoms with Crippen LogP contribution in [-0.4, -0.2) is 60.9 Å². The van der Waals surface area contributed by atoms with Gasteiger partial charge in [-0.3, -0.25) is 19.4 Å². The zero-order chi connectivity index (χ0) is 23.0. The van der Waals surface area contributed by atoms with E-state index in [-0.39, 0.29) is 17.9 Å². The number of fused-ring (bicyclic) bond motifs is 1. The molecule has 1 saturated heterocycles. The molecule has 6 nitrogen and oxygen atoms in total. The van der Waals surface area contributed by atoms with Gasteiger partial charge in [0.2, 0.25) is 11.8 Å². The van der Waals surface area contributed by atoms with Crippen molar-refractivity contribution in [2.24, 2.45) is 0 Å². The zero-order valence-corrected chi connectivity index (χ0v) is 19.2. The smallest absolute Gasteiger partial charge is 0.234 e. The molecule has 33 heavy (non-hydrogen) atoms. The molecule has 4 rings (SSSR count). The third-order valence-corrected chi connectivity index (χ3v) is 6.18. The summed E-state index contributed by atoms with van der Waals surface area (Å²) in [7, 11) is 0. The van der Waals surface area contributed by atoms with Crippen LogP contribution in [0, 0.1) is 0 Å². The van der Waals surface area contributed by atoms with Crippen molar-refractivity contribution in [3.8, 4) is 0 Å². The van der Waals surface area contributed by atoms with E-state index in [0.29, 0.717) is 19.6 Å². The normalized spacial score (nSPS) is 15.8. The molecule has 1 fully saturated rings. The van der Waals surface area contributed by atoms with Crippen molar-refractivity contribution in [1.29, 1.82) is 0 Å². The van der Waals surface area contributed by atoms with E-state index in [1.54, 1.807) is 0 Å². The first-order valence-corrected chi connectivity index (χ1v) is 11.6. The molecular weight excluding hydrogens is 412 g/mol. The first-order valence-electron chi connectivity index (χ1n) is 11.6. The zero-order valence-electron chi connectivity index (χ0n) is 19.2. The molecule has 3 aromatic carbocycles. The van der Waals surface area contributed by atoms with Gasteiger partial charge >= 0.3 is 0 Å². The van der Waals surface area contributed by atoms with Gasteiger partial charge in [-0.15, -0.1) is 0 Å². The maximum Gasteiger partial charge on any atom is 0.234 e. The number of piperazine rings is 1. The lowest BCUT2D eigenvalue weighted by molar-refractivity contribution is -0.125. The van der Waals surface area contributed by atoms with Crippen molar-refractivity contribution in [3.05, 3.63) is 83.9 Å². The second-order valence-electron chi connectivity index (χ2n) is 8.71. The summed E-state index contributed by atoms with van der Waals surface area (Å²) in [4.78, 5) is 29.2. The Hall–Kier alpha value is -3.22. The van der Waals surface area contributed by atoms with E-state index in [1.807, 2.05) is 49.4 Å². The SMILES string of the molecule is C[C@@H](NC(=O)CN1CCN(CC(=O)NCc2ccccc2)CC1)c1ccc2ccccc2c1. The van der Waals surface area contributed by atoms with Crippen molar-refractivity contribution >= 4 is 22.6 Å². The molecule has 0 bridgehead atoms. The van der Waals surface area contributed by atoms with E-state index in [2.05, 4.69) is 50.8 Å². The highest BCUT2D eigenvalue weighted by Gasteiger charge is 2.21. The van der Waals surface area contributed by atoms with Crippen LogP contribution in [-0.2, 0) is 16.1 Å². The topological polar surface area (TPSA) is 64.7 Å². The Labute approximate surface area is 195 Å². The Morgan fingerprint density at radius 3 is 2.09 bits per heavy atom. The molecule has 0 radical (unpaired) electrons. The van der Waals surface area contributed by atoms with Crippen LogP contribution in [0.4, 0.5) is 0 Å². The Morgan fingerprint density at radius 2 is 1.39 bits per heavy atom. The molecule has 2 amide bonds. The van der Waals surface area contributed by atoms with Gasteiger partial charge in [-0.05, 0) is 34.9 Å². The lowest BCUT2D eigenvalue weighted by Crippen LogP contribution is -2.51. The van der Waals surface area contributed by atoms with Crippen LogP contribution in [0.2, 0.25) is 0 Å². The summed E-state index contributed by atoms with van der Waals surface area (Å²) in [6, 6.07) is 24.4. The number of amides is 2. The number of hydrogen-bond donors (Lipinski definition) is 2. The van der Waals surface area contributed by atoms with Crippen molar-refractivity contribution in [2.75, 3.05) is 39.3 Å². The number of nitrogens with one attached hydrogen (secondary N) is 2. The molecule has 0 aliphatic carbocycles. The van der Waals surface area contributed by atoms with E-state index >= 15 is 0 Å². The van der Waals surface area contributed by atoms with Crippen molar-refractivity contribution in [3.63, 3.8) is 0 Å². The average molecular weight is 445 g/mol. The van der Waals surface area contributed by atoms with Crippen LogP contribution in [0.15, 0.2) is 72.8 Å². The Morgan fingerprint density at radius 1 is 0.788 bits per heavy atom. The maximum atomic E-state index is 12.6. The number of carbonyl (C=O) groups excluding carboxylic acids is 2. The standard InChI is InChI=1S/C27H32N4O2/c1-21(24-12-11-23-9-5-6-10-25(23)17-24)29-27(33)20-31-15-13-30(14-16-31)19-26(32)28-18-22-7-3-2-4-8-22/h2-12,17,21H,13-16,18-20H2,1H3,(H,28,32)(H,29,33)/t21-/m1/s1. The highest BCUT2D eigenvalue weighted by Crippen LogP contribution is 2.20. The largest absolute Gasteiger partial charge is 0.351 e. The van der Waals surface area contributed by atoms with Crippen LogP contribution in [0.5, 0.6) is 0 Å². The van der Waals surface area contributed by atoms with E-state index in [4.69, 9.17) is 0 Å². The fourth-order valence-electron chi connectivity index (χ4n) is 4.21. The van der Waals surface area contributed by atoms with Crippen LogP contribution in [0.25, 0.3) is 10.8 Å². The first kappa shape index (κ1) is 23.0. The van der Waals surface area contributed by atoms with E-state index in [0.717, 1.165) is 37.3 Å². The van der Waals surface area contributed by atoms with Gasteiger partial charge in [0, 0.05) is 32.7 Å². The molecule has 1 aliphatic rings. The lowest BCUT2D eigenvalue weighted by atomic mass is 10.0. The molecular formula is C27H32N4O2. The Bertz CT molecular complexity index is 1080. The van der Waals surface area contributed by atoms with Crippen molar-refractivity contribution < 1.29 is 9.59 Å². The van der Waals surface area contributed by atoms with Gasteiger partial charge in [0.05, 0.1) is 19.1 Å². The predicted octanol–water partition coefficient (Wildman–Crippen LogP) is 2.95. The molecule has 172 valence electrons. The third kappa shape index (κ3) is 6.63. The molecule has 0 saturated carbocycles. The second-order valence-corrected chi connectivity index (χ2v) is 8.71. The Balaban J connectivity index is 1.17. The van der Waals surface area contributed by atoms with E-state index < -0.39 is 0 Å². The number of carbonyl (C=O) groups is 2. The lowest BCUT2D eigenvalue weighted by Gasteiger charge is -2.34. The van der Waals surface area contributed by atoms with Gasteiger partial charge in [-0.1, -0.05) is 66.7 Å². The second kappa shape index (κ2) is 11.1. The highest BCUT2D eigenvalue weighted by molar-refractivity contribution is 5.83. The monoisotopic (exact) mass is 444 g/mol. The van der Waals surface area contributed by atoms with Gasteiger partial charge < -0.3 is 10.6 Å². The summed E-state index contributed by atoms with van der Waals surface area (Å²) >= 11 is 0. The van der Waals surface area contributed by atoms with Gasteiger partial charge in [0.15, 0.2) is 0 Å². The molecule has 3 aromatic rings. The summed E-state index contributed by atoms with van der Waals surface area (Å²) in [5.41, 5.74) is 2.20. The van der Waals surface area contributed by atoms with Crippen molar-refractivity contribution in [2.45, 2.75) is 19.5 Å². The molecule has 1 atom stereocenters. The number of hydrogen-bond acceptors (Lipinski definition) is 4. The fraction of sp³-hybridized carbons (Fsp3) is 0.333. The van der Waals surface area contributed by atoms with Gasteiger partial charge in [0.25, 0.3) is 0 Å². The molecule has 0 aromatic heterocycles. The number of nitrogens with zero attached hydrogens (tertiary/aromatic N) is 2. The number of benzene rings is 3. The van der Waals surface area contributed by atoms with Crippen LogP contribution in [0.3, 0.4) is 0 Å². The molecule has 1 aliphatic heterocycles. The minimum atomic E-state index is -0.0447. The molecule has 0 unspecified atom stereocenters. The molecule has 0 spiro atoms. The third-order valence-electron chi connectivity index (χ3n) is 6.18. The van der Waals surface area contributed by atoms with E-state index in [9.17, 15) is 9.59 Å². The fourth-order valence-corrected chi connectivity index (χ4v) is 4.21. The maximum absolute atomic E-state index is 12.6. The quantitative estimate of drug-likeness (QED) is 0.561. The molecule has 6 heteroatoms. The summed E-state index contributed by atoms with van der Waals surface area (Å²) in [6.07, 6.45) is 0. The van der Waals surface area contributed by atoms with Crippen molar-refractivity contribution in [1.82, 2.24) is 20.4 Å². The van der Waals surface area contributed by atoms with Gasteiger partial charge in [0.1, 0.15) is 0 Å². The summed E-state index contributed by atoms with van der Waals surface area (Å²) < 4.78 is 0. The number of rotatable bonds is 8. The highest BCUT2D eigenvalue weighted by atomic mass is 16.2.